The zero-order chi connectivity index (χ0) is 16.9. The molecule has 24 heavy (non-hydrogen) atoms. The van der Waals surface area contributed by atoms with Gasteiger partial charge in [-0.2, -0.15) is 5.26 Å². The van der Waals surface area contributed by atoms with E-state index in [4.69, 9.17) is 0 Å². The second kappa shape index (κ2) is 7.17. The molecule has 2 heterocycles. The molecule has 1 N–H and O–H groups in total. The number of anilines is 1. The molecule has 0 aliphatic heterocycles. The van der Waals surface area contributed by atoms with Crippen LogP contribution >= 0.6 is 22.7 Å². The number of carbonyl (C=O) groups excluding carboxylic acids is 1. The maximum Gasteiger partial charge on any atom is 0.266 e. The fourth-order valence-electron chi connectivity index (χ4n) is 1.89. The van der Waals surface area contributed by atoms with Crippen molar-refractivity contribution in [2.75, 3.05) is 5.32 Å². The van der Waals surface area contributed by atoms with Gasteiger partial charge in [-0.25, -0.2) is 9.37 Å². The molecule has 3 aromatic rings. The van der Waals surface area contributed by atoms with E-state index in [1.165, 1.54) is 41.7 Å². The van der Waals surface area contributed by atoms with Crippen LogP contribution in [0, 0.1) is 17.1 Å². The summed E-state index contributed by atoms with van der Waals surface area (Å²) in [5.74, 6) is -0.956. The Kier molecular flexibility index (Phi) is 4.79. The van der Waals surface area contributed by atoms with Gasteiger partial charge in [0.25, 0.3) is 5.91 Å². The summed E-state index contributed by atoms with van der Waals surface area (Å²) in [6, 6.07) is 11.1. The molecule has 1 aromatic carbocycles. The van der Waals surface area contributed by atoms with Gasteiger partial charge in [0.2, 0.25) is 0 Å². The number of aromatic nitrogens is 1. The first kappa shape index (κ1) is 16.1. The number of hydrogen-bond donors (Lipinski definition) is 1. The van der Waals surface area contributed by atoms with Crippen LogP contribution in [0.4, 0.5) is 10.1 Å². The van der Waals surface area contributed by atoms with E-state index in [0.29, 0.717) is 11.4 Å². The summed E-state index contributed by atoms with van der Waals surface area (Å²) in [5.41, 5.74) is 0.900. The first-order valence-electron chi connectivity index (χ1n) is 6.84. The van der Waals surface area contributed by atoms with Gasteiger partial charge in [0.1, 0.15) is 22.5 Å². The summed E-state index contributed by atoms with van der Waals surface area (Å²) < 4.78 is 12.9. The van der Waals surface area contributed by atoms with Crippen molar-refractivity contribution in [2.24, 2.45) is 0 Å². The number of benzene rings is 1. The molecule has 7 heteroatoms. The van der Waals surface area contributed by atoms with Crippen LogP contribution in [0.25, 0.3) is 16.0 Å². The average molecular weight is 355 g/mol. The third-order valence-electron chi connectivity index (χ3n) is 3.01. The number of amides is 1. The maximum atomic E-state index is 12.9. The van der Waals surface area contributed by atoms with Crippen LogP contribution in [0.2, 0.25) is 0 Å². The van der Waals surface area contributed by atoms with Gasteiger partial charge < -0.3 is 5.32 Å². The van der Waals surface area contributed by atoms with E-state index >= 15 is 0 Å². The molecule has 0 unspecified atom stereocenters. The summed E-state index contributed by atoms with van der Waals surface area (Å²) in [5, 5.41) is 16.4. The van der Waals surface area contributed by atoms with E-state index in [-0.39, 0.29) is 5.57 Å². The predicted molar refractivity (Wildman–Crippen MR) is 94.0 cm³/mol. The van der Waals surface area contributed by atoms with Crippen LogP contribution in [0.1, 0.15) is 5.69 Å². The first-order valence-corrected chi connectivity index (χ1v) is 8.60. The quantitative estimate of drug-likeness (QED) is 0.551. The number of nitriles is 1. The SMILES string of the molecule is N#CC(=Cc1csc(-c2cccs2)n1)C(=O)Nc1ccc(F)cc1. The highest BCUT2D eigenvalue weighted by atomic mass is 32.1. The Balaban J connectivity index is 1.78. The number of rotatable bonds is 4. The second-order valence-electron chi connectivity index (χ2n) is 4.69. The van der Waals surface area contributed by atoms with Crippen molar-refractivity contribution >= 4 is 40.3 Å². The normalized spacial score (nSPS) is 11.1. The number of thiazole rings is 1. The lowest BCUT2D eigenvalue weighted by Crippen LogP contribution is -2.13. The number of carbonyl (C=O) groups is 1. The molecule has 4 nitrogen and oxygen atoms in total. The standard InChI is InChI=1S/C17H10FN3OS2/c18-12-3-5-13(6-4-12)20-16(22)11(9-19)8-14-10-24-17(21-14)15-2-1-7-23-15/h1-8,10H,(H,20,22). The highest BCUT2D eigenvalue weighted by molar-refractivity contribution is 7.20. The van der Waals surface area contributed by atoms with Gasteiger partial charge in [0.05, 0.1) is 10.6 Å². The summed E-state index contributed by atoms with van der Waals surface area (Å²) in [6.07, 6.45) is 1.44. The Morgan fingerprint density at radius 2 is 2.04 bits per heavy atom. The minimum absolute atomic E-state index is 0.0673. The molecule has 2 aromatic heterocycles. The Morgan fingerprint density at radius 1 is 1.25 bits per heavy atom. The molecule has 0 saturated carbocycles. The number of halogens is 1. The lowest BCUT2D eigenvalue weighted by molar-refractivity contribution is -0.112. The molecular formula is C17H10FN3OS2. The molecular weight excluding hydrogens is 345 g/mol. The van der Waals surface area contributed by atoms with E-state index in [0.717, 1.165) is 9.88 Å². The Hall–Kier alpha value is -2.82. The fraction of sp³-hybridized carbons (Fsp3) is 0. The molecule has 0 bridgehead atoms. The Labute approximate surface area is 145 Å². The van der Waals surface area contributed by atoms with Crippen molar-refractivity contribution < 1.29 is 9.18 Å². The number of thiophene rings is 1. The Bertz CT molecular complexity index is 922. The lowest BCUT2D eigenvalue weighted by atomic mass is 10.2. The van der Waals surface area contributed by atoms with E-state index in [9.17, 15) is 14.4 Å². The zero-order valence-electron chi connectivity index (χ0n) is 12.2. The van der Waals surface area contributed by atoms with Gasteiger partial charge >= 0.3 is 0 Å². The largest absolute Gasteiger partial charge is 0.321 e. The smallest absolute Gasteiger partial charge is 0.266 e. The minimum atomic E-state index is -0.560. The van der Waals surface area contributed by atoms with Crippen LogP contribution in [0.5, 0.6) is 0 Å². The average Bonchev–Trinajstić information content (AvgIpc) is 3.25. The maximum absolute atomic E-state index is 12.9. The van der Waals surface area contributed by atoms with E-state index in [1.54, 1.807) is 16.7 Å². The molecule has 0 aliphatic carbocycles. The van der Waals surface area contributed by atoms with Crippen LogP contribution in [0.15, 0.2) is 52.7 Å². The molecule has 3 rings (SSSR count). The molecule has 0 saturated heterocycles. The third kappa shape index (κ3) is 3.74. The van der Waals surface area contributed by atoms with Crippen molar-refractivity contribution in [2.45, 2.75) is 0 Å². The van der Waals surface area contributed by atoms with Gasteiger partial charge in [-0.05, 0) is 41.8 Å². The molecule has 0 atom stereocenters. The monoisotopic (exact) mass is 355 g/mol. The molecule has 0 spiro atoms. The number of nitrogens with one attached hydrogen (secondary N) is 1. The van der Waals surface area contributed by atoms with Crippen LogP contribution in [0.3, 0.4) is 0 Å². The summed E-state index contributed by atoms with van der Waals surface area (Å²) in [7, 11) is 0. The number of hydrogen-bond acceptors (Lipinski definition) is 5. The molecule has 0 aliphatic rings. The van der Waals surface area contributed by atoms with Gasteiger partial charge in [0, 0.05) is 11.1 Å². The molecule has 1 amide bonds. The lowest BCUT2D eigenvalue weighted by Gasteiger charge is -2.03. The van der Waals surface area contributed by atoms with Gasteiger partial charge in [-0.1, -0.05) is 6.07 Å². The highest BCUT2D eigenvalue weighted by Crippen LogP contribution is 2.28. The van der Waals surface area contributed by atoms with Crippen molar-refractivity contribution in [1.82, 2.24) is 4.98 Å². The molecule has 0 radical (unpaired) electrons. The molecule has 0 fully saturated rings. The minimum Gasteiger partial charge on any atom is -0.321 e. The van der Waals surface area contributed by atoms with Crippen LogP contribution in [-0.2, 0) is 4.79 Å². The van der Waals surface area contributed by atoms with E-state index in [2.05, 4.69) is 10.3 Å². The van der Waals surface area contributed by atoms with Crippen LogP contribution in [-0.4, -0.2) is 10.9 Å². The fourth-order valence-corrected chi connectivity index (χ4v) is 3.49. The summed E-state index contributed by atoms with van der Waals surface area (Å²) in [6.45, 7) is 0. The summed E-state index contributed by atoms with van der Waals surface area (Å²) >= 11 is 3.02. The van der Waals surface area contributed by atoms with E-state index in [1.807, 2.05) is 23.6 Å². The van der Waals surface area contributed by atoms with Crippen molar-refractivity contribution in [3.05, 3.63) is 64.2 Å². The predicted octanol–water partition coefficient (Wildman–Crippen LogP) is 4.56. The third-order valence-corrected chi connectivity index (χ3v) is 4.91. The second-order valence-corrected chi connectivity index (χ2v) is 6.49. The van der Waals surface area contributed by atoms with Gasteiger partial charge in [0.15, 0.2) is 0 Å². The topological polar surface area (TPSA) is 65.8 Å². The number of nitrogens with zero attached hydrogens (tertiary/aromatic N) is 2. The highest BCUT2D eigenvalue weighted by Gasteiger charge is 2.11. The Morgan fingerprint density at radius 3 is 2.71 bits per heavy atom. The van der Waals surface area contributed by atoms with Gasteiger partial charge in [-0.15, -0.1) is 22.7 Å². The first-order chi connectivity index (χ1) is 11.7. The van der Waals surface area contributed by atoms with Crippen molar-refractivity contribution in [1.29, 1.82) is 5.26 Å². The van der Waals surface area contributed by atoms with Crippen molar-refractivity contribution in [3.8, 4) is 16.0 Å². The molecule has 118 valence electrons. The van der Waals surface area contributed by atoms with Crippen LogP contribution < -0.4 is 5.32 Å². The summed E-state index contributed by atoms with van der Waals surface area (Å²) in [4.78, 5) is 17.6. The van der Waals surface area contributed by atoms with Crippen molar-refractivity contribution in [3.63, 3.8) is 0 Å². The van der Waals surface area contributed by atoms with E-state index < -0.39 is 11.7 Å². The van der Waals surface area contributed by atoms with Gasteiger partial charge in [-0.3, -0.25) is 4.79 Å². The zero-order valence-corrected chi connectivity index (χ0v) is 13.8.